The quantitative estimate of drug-likeness (QED) is 0.812. The molecule has 1 aromatic rings. The maximum Gasteiger partial charge on any atom is 0.327 e. The first kappa shape index (κ1) is 17.0. The molecule has 5 nitrogen and oxygen atoms in total. The number of nitrogens with one attached hydrogen (secondary N) is 1. The van der Waals surface area contributed by atoms with E-state index in [1.807, 2.05) is 30.3 Å². The van der Waals surface area contributed by atoms with Crippen molar-refractivity contribution in [3.8, 4) is 0 Å². The third-order valence-electron chi connectivity index (χ3n) is 4.99. The van der Waals surface area contributed by atoms with Crippen molar-refractivity contribution in [2.45, 2.75) is 31.7 Å². The SMILES string of the molecule is COC(=O)[C@H](c1ccccc1)N1CCC[C@H](C(=O)NCC2CC2)C1. The van der Waals surface area contributed by atoms with E-state index in [-0.39, 0.29) is 17.8 Å². The predicted octanol–water partition coefficient (Wildman–Crippen LogP) is 2.14. The minimum Gasteiger partial charge on any atom is -0.468 e. The monoisotopic (exact) mass is 330 g/mol. The van der Waals surface area contributed by atoms with Gasteiger partial charge in [0.15, 0.2) is 0 Å². The van der Waals surface area contributed by atoms with Crippen molar-refractivity contribution < 1.29 is 14.3 Å². The molecule has 0 radical (unpaired) electrons. The van der Waals surface area contributed by atoms with Crippen LogP contribution in [-0.4, -0.2) is 43.5 Å². The van der Waals surface area contributed by atoms with Gasteiger partial charge in [-0.15, -0.1) is 0 Å². The highest BCUT2D eigenvalue weighted by Crippen LogP contribution is 2.29. The lowest BCUT2D eigenvalue weighted by Crippen LogP contribution is -2.46. The molecule has 2 atom stereocenters. The Morgan fingerprint density at radius 1 is 1.25 bits per heavy atom. The zero-order valence-electron chi connectivity index (χ0n) is 14.2. The molecule has 1 heterocycles. The van der Waals surface area contributed by atoms with E-state index < -0.39 is 6.04 Å². The Hall–Kier alpha value is -1.88. The molecule has 1 saturated heterocycles. The summed E-state index contributed by atoms with van der Waals surface area (Å²) in [5.41, 5.74) is 0.920. The molecule has 130 valence electrons. The van der Waals surface area contributed by atoms with E-state index in [2.05, 4.69) is 10.2 Å². The summed E-state index contributed by atoms with van der Waals surface area (Å²) in [6.07, 6.45) is 4.27. The normalized spacial score (nSPS) is 22.6. The van der Waals surface area contributed by atoms with Gasteiger partial charge >= 0.3 is 5.97 Å². The summed E-state index contributed by atoms with van der Waals surface area (Å²) in [6, 6.07) is 9.23. The average molecular weight is 330 g/mol. The molecule has 0 bridgehead atoms. The van der Waals surface area contributed by atoms with Gasteiger partial charge in [-0.3, -0.25) is 9.69 Å². The Morgan fingerprint density at radius 2 is 2.00 bits per heavy atom. The van der Waals surface area contributed by atoms with Crippen LogP contribution < -0.4 is 5.32 Å². The van der Waals surface area contributed by atoms with Gasteiger partial charge in [0.2, 0.25) is 5.91 Å². The number of hydrogen-bond donors (Lipinski definition) is 1. The summed E-state index contributed by atoms with van der Waals surface area (Å²) < 4.78 is 5.02. The Morgan fingerprint density at radius 3 is 2.67 bits per heavy atom. The van der Waals surface area contributed by atoms with E-state index in [0.29, 0.717) is 12.5 Å². The molecule has 0 aromatic heterocycles. The molecular weight excluding hydrogens is 304 g/mol. The number of nitrogens with zero attached hydrogens (tertiary/aromatic N) is 1. The molecule has 0 spiro atoms. The van der Waals surface area contributed by atoms with E-state index in [9.17, 15) is 9.59 Å². The van der Waals surface area contributed by atoms with Gasteiger partial charge in [0.05, 0.1) is 13.0 Å². The van der Waals surface area contributed by atoms with Crippen LogP contribution in [0.4, 0.5) is 0 Å². The van der Waals surface area contributed by atoms with Crippen molar-refractivity contribution in [3.63, 3.8) is 0 Å². The number of carbonyl (C=O) groups is 2. The highest BCUT2D eigenvalue weighted by atomic mass is 16.5. The molecular formula is C19H26N2O3. The Bertz CT molecular complexity index is 571. The lowest BCUT2D eigenvalue weighted by atomic mass is 9.94. The summed E-state index contributed by atoms with van der Waals surface area (Å²) in [4.78, 5) is 26.9. The van der Waals surface area contributed by atoms with Crippen molar-refractivity contribution in [1.82, 2.24) is 10.2 Å². The summed E-state index contributed by atoms with van der Waals surface area (Å²) in [6.45, 7) is 2.21. The van der Waals surface area contributed by atoms with Crippen LogP contribution in [0.3, 0.4) is 0 Å². The number of rotatable bonds is 6. The van der Waals surface area contributed by atoms with Crippen LogP contribution in [0.2, 0.25) is 0 Å². The number of methoxy groups -OCH3 is 1. The second-order valence-electron chi connectivity index (χ2n) is 6.86. The van der Waals surface area contributed by atoms with Crippen LogP contribution in [0.1, 0.15) is 37.3 Å². The number of likely N-dealkylation sites (tertiary alicyclic amines) is 1. The van der Waals surface area contributed by atoms with Gasteiger partial charge in [-0.25, -0.2) is 4.79 Å². The Labute approximate surface area is 143 Å². The maximum atomic E-state index is 12.4. The lowest BCUT2D eigenvalue weighted by molar-refractivity contribution is -0.149. The van der Waals surface area contributed by atoms with E-state index in [0.717, 1.165) is 31.5 Å². The largest absolute Gasteiger partial charge is 0.468 e. The third kappa shape index (κ3) is 4.15. The van der Waals surface area contributed by atoms with E-state index in [1.165, 1.54) is 20.0 Å². The Kier molecular flexibility index (Phi) is 5.51. The van der Waals surface area contributed by atoms with Crippen molar-refractivity contribution in [2.24, 2.45) is 11.8 Å². The van der Waals surface area contributed by atoms with E-state index in [1.54, 1.807) is 0 Å². The number of hydrogen-bond acceptors (Lipinski definition) is 4. The fourth-order valence-corrected chi connectivity index (χ4v) is 3.41. The standard InChI is InChI=1S/C19H26N2O3/c1-24-19(23)17(15-6-3-2-4-7-15)21-11-5-8-16(13-21)18(22)20-12-14-9-10-14/h2-4,6-7,14,16-17H,5,8-13H2,1H3,(H,20,22)/t16-,17-/m0/s1. The highest BCUT2D eigenvalue weighted by Gasteiger charge is 2.35. The topological polar surface area (TPSA) is 58.6 Å². The molecule has 1 aliphatic carbocycles. The second kappa shape index (κ2) is 7.79. The molecule has 1 N–H and O–H groups in total. The summed E-state index contributed by atoms with van der Waals surface area (Å²) in [5, 5.41) is 3.07. The molecule has 1 aliphatic heterocycles. The van der Waals surface area contributed by atoms with Gasteiger partial charge in [0, 0.05) is 13.1 Å². The van der Waals surface area contributed by atoms with Crippen LogP contribution in [0.5, 0.6) is 0 Å². The van der Waals surface area contributed by atoms with Crippen molar-refractivity contribution in [2.75, 3.05) is 26.7 Å². The summed E-state index contributed by atoms with van der Waals surface area (Å²) in [5.74, 6) is 0.498. The highest BCUT2D eigenvalue weighted by molar-refractivity contribution is 5.80. The minimum atomic E-state index is -0.435. The first-order valence-electron chi connectivity index (χ1n) is 8.83. The van der Waals surface area contributed by atoms with Crippen molar-refractivity contribution >= 4 is 11.9 Å². The first-order chi connectivity index (χ1) is 11.7. The minimum absolute atomic E-state index is 0.0478. The van der Waals surface area contributed by atoms with Crippen LogP contribution >= 0.6 is 0 Å². The third-order valence-corrected chi connectivity index (χ3v) is 4.99. The Balaban J connectivity index is 1.68. The van der Waals surface area contributed by atoms with Gasteiger partial charge < -0.3 is 10.1 Å². The second-order valence-corrected chi connectivity index (χ2v) is 6.86. The molecule has 2 fully saturated rings. The van der Waals surface area contributed by atoms with Gasteiger partial charge in [-0.05, 0) is 43.7 Å². The van der Waals surface area contributed by atoms with Crippen LogP contribution in [0.15, 0.2) is 30.3 Å². The molecule has 0 unspecified atom stereocenters. The number of piperidine rings is 1. The van der Waals surface area contributed by atoms with Gasteiger partial charge in [0.25, 0.3) is 0 Å². The van der Waals surface area contributed by atoms with Crippen molar-refractivity contribution in [3.05, 3.63) is 35.9 Å². The molecule has 1 amide bonds. The molecule has 1 saturated carbocycles. The lowest BCUT2D eigenvalue weighted by Gasteiger charge is -2.36. The van der Waals surface area contributed by atoms with Gasteiger partial charge in [0.1, 0.15) is 6.04 Å². The zero-order chi connectivity index (χ0) is 16.9. The molecule has 3 rings (SSSR count). The number of esters is 1. The van der Waals surface area contributed by atoms with Crippen LogP contribution in [0, 0.1) is 11.8 Å². The molecule has 2 aliphatic rings. The number of ether oxygens (including phenoxy) is 1. The maximum absolute atomic E-state index is 12.4. The number of carbonyl (C=O) groups excluding carboxylic acids is 2. The average Bonchev–Trinajstić information content (AvgIpc) is 3.45. The fraction of sp³-hybridized carbons (Fsp3) is 0.579. The number of amides is 1. The van der Waals surface area contributed by atoms with Crippen molar-refractivity contribution in [1.29, 1.82) is 0 Å². The number of benzene rings is 1. The van der Waals surface area contributed by atoms with E-state index in [4.69, 9.17) is 4.74 Å². The molecule has 1 aromatic carbocycles. The van der Waals surface area contributed by atoms with Gasteiger partial charge in [-0.2, -0.15) is 0 Å². The zero-order valence-corrected chi connectivity index (χ0v) is 14.2. The van der Waals surface area contributed by atoms with Crippen LogP contribution in [0.25, 0.3) is 0 Å². The van der Waals surface area contributed by atoms with Crippen LogP contribution in [-0.2, 0) is 14.3 Å². The first-order valence-corrected chi connectivity index (χ1v) is 8.83. The fourth-order valence-electron chi connectivity index (χ4n) is 3.41. The summed E-state index contributed by atoms with van der Waals surface area (Å²) >= 11 is 0. The predicted molar refractivity (Wildman–Crippen MR) is 91.2 cm³/mol. The van der Waals surface area contributed by atoms with E-state index >= 15 is 0 Å². The van der Waals surface area contributed by atoms with Gasteiger partial charge in [-0.1, -0.05) is 30.3 Å². The smallest absolute Gasteiger partial charge is 0.327 e. The summed E-state index contributed by atoms with van der Waals surface area (Å²) in [7, 11) is 1.42. The molecule has 24 heavy (non-hydrogen) atoms. The molecule has 5 heteroatoms.